The van der Waals surface area contributed by atoms with Crippen LogP contribution >= 0.6 is 11.8 Å². The fraction of sp³-hybridized carbons (Fsp3) is 0.231. The highest BCUT2D eigenvalue weighted by molar-refractivity contribution is 7.99. The molecule has 35 heavy (non-hydrogen) atoms. The lowest BCUT2D eigenvalue weighted by atomic mass is 10.1. The van der Waals surface area contributed by atoms with Gasteiger partial charge in [-0.3, -0.25) is 14.2 Å². The molecule has 4 rings (SSSR count). The average Bonchev–Trinajstić information content (AvgIpc) is 3.50. The van der Waals surface area contributed by atoms with E-state index in [4.69, 9.17) is 4.42 Å². The van der Waals surface area contributed by atoms with Crippen LogP contribution in [0.25, 0.3) is 11.4 Å². The highest BCUT2D eigenvalue weighted by atomic mass is 32.2. The predicted molar refractivity (Wildman–Crippen MR) is 136 cm³/mol. The van der Waals surface area contributed by atoms with Gasteiger partial charge in [0, 0.05) is 11.3 Å². The van der Waals surface area contributed by atoms with Gasteiger partial charge in [-0.2, -0.15) is 0 Å². The number of amides is 2. The van der Waals surface area contributed by atoms with Crippen molar-refractivity contribution in [3.05, 3.63) is 83.3 Å². The Kier molecular flexibility index (Phi) is 7.67. The molecule has 0 aliphatic carbocycles. The zero-order valence-corrected chi connectivity index (χ0v) is 20.7. The Hall–Kier alpha value is -3.85. The van der Waals surface area contributed by atoms with Crippen LogP contribution in [0.4, 0.5) is 5.69 Å². The van der Waals surface area contributed by atoms with Crippen LogP contribution < -0.4 is 10.6 Å². The SMILES string of the molecule is Cc1cccc(-c2nnc(SCC(=O)NCC(=O)Nc3cccc(C)c3C)n2Cc2ccco2)c1. The summed E-state index contributed by atoms with van der Waals surface area (Å²) in [6.07, 6.45) is 1.62. The zero-order chi connectivity index (χ0) is 24.8. The van der Waals surface area contributed by atoms with Gasteiger partial charge in [0.25, 0.3) is 0 Å². The van der Waals surface area contributed by atoms with Crippen molar-refractivity contribution < 1.29 is 14.0 Å². The van der Waals surface area contributed by atoms with Gasteiger partial charge in [-0.1, -0.05) is 47.7 Å². The molecule has 0 aliphatic rings. The lowest BCUT2D eigenvalue weighted by Crippen LogP contribution is -2.34. The zero-order valence-electron chi connectivity index (χ0n) is 19.9. The summed E-state index contributed by atoms with van der Waals surface area (Å²) in [5.41, 5.74) is 4.88. The second-order valence-corrected chi connectivity index (χ2v) is 9.14. The van der Waals surface area contributed by atoms with E-state index in [9.17, 15) is 9.59 Å². The van der Waals surface area contributed by atoms with Crippen molar-refractivity contribution in [1.29, 1.82) is 0 Å². The maximum absolute atomic E-state index is 12.5. The number of carbonyl (C=O) groups is 2. The Labute approximate surface area is 208 Å². The molecule has 2 aromatic heterocycles. The van der Waals surface area contributed by atoms with Gasteiger partial charge in [-0.25, -0.2) is 0 Å². The van der Waals surface area contributed by atoms with Crippen molar-refractivity contribution in [2.24, 2.45) is 0 Å². The van der Waals surface area contributed by atoms with Gasteiger partial charge in [-0.05, 0) is 56.2 Å². The summed E-state index contributed by atoms with van der Waals surface area (Å²) in [5.74, 6) is 1.01. The molecule has 0 fully saturated rings. The van der Waals surface area contributed by atoms with E-state index >= 15 is 0 Å². The summed E-state index contributed by atoms with van der Waals surface area (Å²) in [7, 11) is 0. The highest BCUT2D eigenvalue weighted by Gasteiger charge is 2.17. The number of aryl methyl sites for hydroxylation is 2. The summed E-state index contributed by atoms with van der Waals surface area (Å²) in [6, 6.07) is 17.4. The third-order valence-electron chi connectivity index (χ3n) is 5.54. The normalized spacial score (nSPS) is 10.8. The number of rotatable bonds is 9. The third kappa shape index (κ3) is 6.19. The molecule has 0 unspecified atom stereocenters. The molecule has 180 valence electrons. The van der Waals surface area contributed by atoms with E-state index in [0.29, 0.717) is 17.5 Å². The Bertz CT molecular complexity index is 1330. The van der Waals surface area contributed by atoms with Gasteiger partial charge in [0.05, 0.1) is 25.1 Å². The van der Waals surface area contributed by atoms with E-state index in [0.717, 1.165) is 33.7 Å². The number of nitrogens with one attached hydrogen (secondary N) is 2. The first-order valence-corrected chi connectivity index (χ1v) is 12.2. The number of thioether (sulfide) groups is 1. The van der Waals surface area contributed by atoms with Gasteiger partial charge in [0.1, 0.15) is 5.76 Å². The second-order valence-electron chi connectivity index (χ2n) is 8.20. The Balaban J connectivity index is 1.39. The fourth-order valence-corrected chi connectivity index (χ4v) is 4.30. The van der Waals surface area contributed by atoms with Crippen LogP contribution in [0.1, 0.15) is 22.5 Å². The van der Waals surface area contributed by atoms with Crippen molar-refractivity contribution in [3.8, 4) is 11.4 Å². The van der Waals surface area contributed by atoms with E-state index in [2.05, 4.69) is 20.8 Å². The van der Waals surface area contributed by atoms with Gasteiger partial charge in [0.15, 0.2) is 11.0 Å². The Morgan fingerprint density at radius 3 is 2.60 bits per heavy atom. The Morgan fingerprint density at radius 2 is 1.83 bits per heavy atom. The largest absolute Gasteiger partial charge is 0.467 e. The second kappa shape index (κ2) is 11.1. The van der Waals surface area contributed by atoms with Gasteiger partial charge in [-0.15, -0.1) is 10.2 Å². The minimum atomic E-state index is -0.278. The van der Waals surface area contributed by atoms with Crippen LogP contribution in [0, 0.1) is 20.8 Å². The third-order valence-corrected chi connectivity index (χ3v) is 6.51. The number of furan rings is 1. The lowest BCUT2D eigenvalue weighted by molar-refractivity contribution is -0.122. The molecule has 0 saturated heterocycles. The summed E-state index contributed by atoms with van der Waals surface area (Å²) in [5, 5.41) is 14.8. The number of hydrogen-bond donors (Lipinski definition) is 2. The van der Waals surface area contributed by atoms with Crippen molar-refractivity contribution in [2.45, 2.75) is 32.5 Å². The van der Waals surface area contributed by atoms with Gasteiger partial charge >= 0.3 is 0 Å². The quantitative estimate of drug-likeness (QED) is 0.339. The van der Waals surface area contributed by atoms with E-state index in [1.807, 2.05) is 79.9 Å². The first-order chi connectivity index (χ1) is 16.9. The van der Waals surface area contributed by atoms with Gasteiger partial charge < -0.3 is 15.1 Å². The molecular weight excluding hydrogens is 462 g/mol. The first-order valence-electron chi connectivity index (χ1n) is 11.2. The average molecular weight is 490 g/mol. The minimum Gasteiger partial charge on any atom is -0.467 e. The van der Waals surface area contributed by atoms with Crippen molar-refractivity contribution >= 4 is 29.3 Å². The Morgan fingerprint density at radius 1 is 1.00 bits per heavy atom. The van der Waals surface area contributed by atoms with Crippen LogP contribution in [0.2, 0.25) is 0 Å². The van der Waals surface area contributed by atoms with Crippen LogP contribution in [0.15, 0.2) is 70.4 Å². The lowest BCUT2D eigenvalue weighted by Gasteiger charge is -2.11. The van der Waals surface area contributed by atoms with Crippen LogP contribution in [0.5, 0.6) is 0 Å². The van der Waals surface area contributed by atoms with Gasteiger partial charge in [0.2, 0.25) is 11.8 Å². The summed E-state index contributed by atoms with van der Waals surface area (Å²) in [6.45, 7) is 6.28. The fourth-order valence-electron chi connectivity index (χ4n) is 3.54. The van der Waals surface area contributed by atoms with Crippen molar-refractivity contribution in [2.75, 3.05) is 17.6 Å². The van der Waals surface area contributed by atoms with E-state index in [1.165, 1.54) is 11.8 Å². The molecule has 0 bridgehead atoms. The smallest absolute Gasteiger partial charge is 0.243 e. The standard InChI is InChI=1S/C26H27N5O3S/c1-17-7-4-9-20(13-17)25-29-30-26(31(25)15-21-10-6-12-34-21)35-16-24(33)27-14-23(32)28-22-11-5-8-18(2)19(22)3/h4-13H,14-16H2,1-3H3,(H,27,33)(H,28,32). The maximum Gasteiger partial charge on any atom is 0.243 e. The molecule has 0 radical (unpaired) electrons. The van der Waals surface area contributed by atoms with Crippen LogP contribution in [0.3, 0.4) is 0 Å². The molecule has 2 amide bonds. The summed E-state index contributed by atoms with van der Waals surface area (Å²) >= 11 is 1.26. The molecule has 2 heterocycles. The molecule has 4 aromatic rings. The number of hydrogen-bond acceptors (Lipinski definition) is 6. The highest BCUT2D eigenvalue weighted by Crippen LogP contribution is 2.26. The van der Waals surface area contributed by atoms with Crippen molar-refractivity contribution in [3.63, 3.8) is 0 Å². The molecule has 0 saturated carbocycles. The molecule has 2 N–H and O–H groups in total. The summed E-state index contributed by atoms with van der Waals surface area (Å²) in [4.78, 5) is 24.8. The van der Waals surface area contributed by atoms with E-state index < -0.39 is 0 Å². The minimum absolute atomic E-state index is 0.0981. The number of benzene rings is 2. The predicted octanol–water partition coefficient (Wildman–Crippen LogP) is 4.36. The van der Waals surface area contributed by atoms with E-state index in [-0.39, 0.29) is 24.1 Å². The molecule has 2 aromatic carbocycles. The number of nitrogens with zero attached hydrogens (tertiary/aromatic N) is 3. The molecular formula is C26H27N5O3S. The number of aromatic nitrogens is 3. The molecule has 9 heteroatoms. The molecule has 8 nitrogen and oxygen atoms in total. The van der Waals surface area contributed by atoms with Crippen molar-refractivity contribution in [1.82, 2.24) is 20.1 Å². The summed E-state index contributed by atoms with van der Waals surface area (Å²) < 4.78 is 7.45. The molecule has 0 atom stereocenters. The monoisotopic (exact) mass is 489 g/mol. The van der Waals surface area contributed by atoms with Crippen LogP contribution in [-0.4, -0.2) is 38.9 Å². The molecule has 0 spiro atoms. The topological polar surface area (TPSA) is 102 Å². The first kappa shape index (κ1) is 24.3. The number of anilines is 1. The van der Waals surface area contributed by atoms with E-state index in [1.54, 1.807) is 6.26 Å². The number of carbonyl (C=O) groups excluding carboxylic acids is 2. The van der Waals surface area contributed by atoms with Crippen LogP contribution in [-0.2, 0) is 16.1 Å². The molecule has 0 aliphatic heterocycles. The maximum atomic E-state index is 12.5.